The molecule has 0 aliphatic carbocycles. The average molecular weight is 1350 g/mol. The van der Waals surface area contributed by atoms with Crippen LogP contribution < -0.4 is 26.2 Å². The summed E-state index contributed by atoms with van der Waals surface area (Å²) in [4.78, 5) is 5.46. The molecule has 106 heavy (non-hydrogen) atoms. The number of hydrogen-bond acceptors (Lipinski definition) is 2. The fraction of sp³-hybridized carbons (Fsp3) is 0.0392. The molecule has 19 aromatic rings. The molecule has 3 heterocycles. The molecule has 2 aliphatic rings. The lowest BCUT2D eigenvalue weighted by Gasteiger charge is -2.46. The van der Waals surface area contributed by atoms with Crippen LogP contribution in [0.5, 0.6) is 0 Å². The molecule has 0 N–H and O–H groups in total. The Bertz CT molecular complexity index is 6540. The van der Waals surface area contributed by atoms with Crippen LogP contribution in [-0.2, 0) is 5.41 Å². The highest BCUT2D eigenvalue weighted by atomic mass is 15.2. The van der Waals surface area contributed by atoms with Gasteiger partial charge in [0.2, 0.25) is 0 Å². The van der Waals surface area contributed by atoms with E-state index < -0.39 is 0 Å². The fourth-order valence-electron chi connectivity index (χ4n) is 18.0. The van der Waals surface area contributed by atoms with Crippen molar-refractivity contribution in [3.05, 3.63) is 376 Å². The molecule has 3 nitrogen and oxygen atoms in total. The average Bonchev–Trinajstić information content (AvgIpc) is 0.753. The van der Waals surface area contributed by atoms with Crippen LogP contribution in [-0.4, -0.2) is 11.3 Å². The lowest BCUT2D eigenvalue weighted by molar-refractivity contribution is 0.590. The first-order chi connectivity index (χ1) is 52.3. The number of anilines is 6. The number of aromatic nitrogens is 1. The summed E-state index contributed by atoms with van der Waals surface area (Å²) in [5.41, 5.74) is 30.8. The fourth-order valence-corrected chi connectivity index (χ4v) is 18.0. The van der Waals surface area contributed by atoms with Gasteiger partial charge in [-0.15, -0.1) is 0 Å². The molecule has 21 rings (SSSR count). The molecule has 0 radical (unpaired) electrons. The van der Waals surface area contributed by atoms with E-state index in [1.165, 1.54) is 92.4 Å². The Balaban J connectivity index is 0.943. The second kappa shape index (κ2) is 24.2. The van der Waals surface area contributed by atoms with E-state index in [1.54, 1.807) is 0 Å². The predicted octanol–water partition coefficient (Wildman–Crippen LogP) is 25.9. The van der Waals surface area contributed by atoms with Crippen molar-refractivity contribution in [2.24, 2.45) is 0 Å². The van der Waals surface area contributed by atoms with E-state index in [1.807, 2.05) is 0 Å². The summed E-state index contributed by atoms with van der Waals surface area (Å²) in [7, 11) is 0. The van der Waals surface area contributed by atoms with Crippen molar-refractivity contribution < 1.29 is 0 Å². The number of nitrogens with zero attached hydrogens (tertiary/aromatic N) is 3. The molecule has 2 aliphatic heterocycles. The van der Waals surface area contributed by atoms with Gasteiger partial charge in [-0.3, -0.25) is 0 Å². The van der Waals surface area contributed by atoms with Gasteiger partial charge < -0.3 is 14.4 Å². The van der Waals surface area contributed by atoms with Crippen LogP contribution in [0.3, 0.4) is 0 Å². The SMILES string of the molecule is CC(C)(C)c1cc2c3c(c1)N(c1c(-c4ccccc4)cc(-c4ccccc4)cc1-c1ccccc1)c1cc(-n4c5ccccc5c5ccccc54)ccc1B3c1ccc(-c3ccc4cccc5c6cccc7cccc(c3c45)c76)cc1N2c1c(-c2ccccc2)cc(-c2ccccc2)cc1-c1ccccc1. The van der Waals surface area contributed by atoms with Gasteiger partial charge in [0.25, 0.3) is 6.71 Å². The van der Waals surface area contributed by atoms with Gasteiger partial charge in [0.15, 0.2) is 0 Å². The van der Waals surface area contributed by atoms with Gasteiger partial charge in [-0.05, 0) is 193 Å². The Labute approximate surface area is 617 Å². The molecule has 18 aromatic carbocycles. The highest BCUT2D eigenvalue weighted by molar-refractivity contribution is 7.00. The van der Waals surface area contributed by atoms with E-state index in [0.717, 1.165) is 112 Å². The monoisotopic (exact) mass is 1350 g/mol. The minimum absolute atomic E-state index is 0.257. The van der Waals surface area contributed by atoms with Crippen molar-refractivity contribution in [3.63, 3.8) is 0 Å². The molecule has 0 saturated heterocycles. The van der Waals surface area contributed by atoms with E-state index >= 15 is 0 Å². The van der Waals surface area contributed by atoms with Crippen LogP contribution in [0, 0.1) is 0 Å². The molecule has 0 amide bonds. The van der Waals surface area contributed by atoms with Gasteiger partial charge in [0, 0.05) is 61.5 Å². The molecule has 0 unspecified atom stereocenters. The summed E-state index contributed by atoms with van der Waals surface area (Å²) < 4.78 is 2.50. The standard InChI is InChI=1S/C102H70BN3/c1-102(2,3)76-62-94-99-95(63-76)106(101-86(69-37-18-8-19-38-69)59-75(66-31-12-5-13-32-66)60-87(101)70-39-20-9-21-40-70)93-64-77(104-90-49-24-22-44-79(90)80-45-23-25-50-91(80)104)53-56-89(93)103(99)88-55-52-73(78-54-51-72-43-27-47-82-81-46-26-41-71-42-28-48-83(96(71)81)98(78)97(72)82)61-92(88)105(94)100-84(67-33-14-6-15-34-67)57-74(65-29-10-4-11-30-65)58-85(100)68-35-16-7-17-36-68/h4-64H,1-3H3. The Morgan fingerprint density at radius 1 is 0.245 bits per heavy atom. The minimum Gasteiger partial charge on any atom is -0.310 e. The lowest BCUT2D eigenvalue weighted by Crippen LogP contribution is -2.61. The van der Waals surface area contributed by atoms with Crippen LogP contribution in [0.1, 0.15) is 26.3 Å². The maximum atomic E-state index is 2.74. The van der Waals surface area contributed by atoms with E-state index in [2.05, 4.69) is 405 Å². The number of rotatable bonds is 10. The zero-order valence-corrected chi connectivity index (χ0v) is 59.1. The van der Waals surface area contributed by atoms with Crippen molar-refractivity contribution in [1.29, 1.82) is 0 Å². The van der Waals surface area contributed by atoms with Crippen molar-refractivity contribution in [2.45, 2.75) is 26.2 Å². The Morgan fingerprint density at radius 2 is 0.632 bits per heavy atom. The summed E-state index contributed by atoms with van der Waals surface area (Å²) in [6.07, 6.45) is 0. The van der Waals surface area contributed by atoms with Crippen LogP contribution in [0.4, 0.5) is 34.1 Å². The smallest absolute Gasteiger partial charge is 0.252 e. The normalized spacial score (nSPS) is 12.6. The Morgan fingerprint density at radius 3 is 1.09 bits per heavy atom. The zero-order chi connectivity index (χ0) is 70.3. The third-order valence-corrected chi connectivity index (χ3v) is 22.8. The molecule has 0 fully saturated rings. The van der Waals surface area contributed by atoms with E-state index in [9.17, 15) is 0 Å². The third-order valence-electron chi connectivity index (χ3n) is 22.8. The third kappa shape index (κ3) is 9.61. The van der Waals surface area contributed by atoms with Gasteiger partial charge in [0.1, 0.15) is 0 Å². The highest BCUT2D eigenvalue weighted by Crippen LogP contribution is 2.56. The molecule has 0 saturated carbocycles. The van der Waals surface area contributed by atoms with Crippen molar-refractivity contribution in [2.75, 3.05) is 9.80 Å². The molecule has 0 atom stereocenters. The number of hydrogen-bond donors (Lipinski definition) is 0. The molecule has 0 spiro atoms. The topological polar surface area (TPSA) is 11.4 Å². The number of fused-ring (bicyclic) bond motifs is 9. The summed E-state index contributed by atoms with van der Waals surface area (Å²) in [5, 5.41) is 12.6. The Kier molecular flexibility index (Phi) is 14.0. The second-order valence-electron chi connectivity index (χ2n) is 29.8. The zero-order valence-electron chi connectivity index (χ0n) is 59.1. The summed E-state index contributed by atoms with van der Waals surface area (Å²) in [6, 6.07) is 140. The van der Waals surface area contributed by atoms with Gasteiger partial charge >= 0.3 is 0 Å². The van der Waals surface area contributed by atoms with Crippen LogP contribution in [0.2, 0.25) is 0 Å². The number of benzene rings is 18. The summed E-state index contributed by atoms with van der Waals surface area (Å²) in [6.45, 7) is 6.94. The maximum Gasteiger partial charge on any atom is 0.252 e. The lowest BCUT2D eigenvalue weighted by atomic mass is 9.33. The summed E-state index contributed by atoms with van der Waals surface area (Å²) >= 11 is 0. The van der Waals surface area contributed by atoms with Crippen molar-refractivity contribution in [3.8, 4) is 83.6 Å². The molecule has 0 bridgehead atoms. The summed E-state index contributed by atoms with van der Waals surface area (Å²) in [5.74, 6) is 0. The van der Waals surface area contributed by atoms with Crippen molar-refractivity contribution >= 4 is 122 Å². The maximum absolute atomic E-state index is 2.74. The first kappa shape index (κ1) is 61.4. The molecule has 1 aromatic heterocycles. The van der Waals surface area contributed by atoms with Gasteiger partial charge in [0.05, 0.1) is 22.4 Å². The van der Waals surface area contributed by atoms with Crippen molar-refractivity contribution in [1.82, 2.24) is 4.57 Å². The van der Waals surface area contributed by atoms with E-state index in [4.69, 9.17) is 0 Å². The molecule has 4 heteroatoms. The largest absolute Gasteiger partial charge is 0.310 e. The van der Waals surface area contributed by atoms with Crippen LogP contribution in [0.25, 0.3) is 148 Å². The quantitative estimate of drug-likeness (QED) is 0.0768. The number of para-hydroxylation sites is 2. The molecular weight excluding hydrogens is 1280 g/mol. The Hall–Kier alpha value is -13.3. The minimum atomic E-state index is -0.349. The van der Waals surface area contributed by atoms with Crippen LogP contribution >= 0.6 is 0 Å². The highest BCUT2D eigenvalue weighted by Gasteiger charge is 2.46. The van der Waals surface area contributed by atoms with Crippen LogP contribution in [0.15, 0.2) is 370 Å². The van der Waals surface area contributed by atoms with Gasteiger partial charge in [-0.1, -0.05) is 324 Å². The molecule has 496 valence electrons. The van der Waals surface area contributed by atoms with E-state index in [0.29, 0.717) is 0 Å². The van der Waals surface area contributed by atoms with E-state index in [-0.39, 0.29) is 12.1 Å². The van der Waals surface area contributed by atoms with Gasteiger partial charge in [-0.25, -0.2) is 0 Å². The molecular formula is C102H70BN3. The second-order valence-corrected chi connectivity index (χ2v) is 29.8. The first-order valence-electron chi connectivity index (χ1n) is 37.1. The predicted molar refractivity (Wildman–Crippen MR) is 453 cm³/mol. The first-order valence-corrected chi connectivity index (χ1v) is 37.1. The van der Waals surface area contributed by atoms with Gasteiger partial charge in [-0.2, -0.15) is 0 Å².